The van der Waals surface area contributed by atoms with E-state index < -0.39 is 5.97 Å². The molecule has 0 aliphatic heterocycles. The standard InChI is InChI=1S/C21H18N2O5/c1-15-12-22-21(23-13-15)26-17-9-6-10-18(11-17)27-28-20(24)19(14-25-2)16-7-4-3-5-8-16/h3-14H,1-2H3. The van der Waals surface area contributed by atoms with Gasteiger partial charge in [-0.25, -0.2) is 19.7 Å². The average Bonchev–Trinajstić information content (AvgIpc) is 2.73. The van der Waals surface area contributed by atoms with E-state index in [0.717, 1.165) is 5.56 Å². The van der Waals surface area contributed by atoms with Gasteiger partial charge in [-0.3, -0.25) is 4.89 Å². The quantitative estimate of drug-likeness (QED) is 0.265. The second kappa shape index (κ2) is 9.18. The summed E-state index contributed by atoms with van der Waals surface area (Å²) in [6.07, 6.45) is 4.60. The molecule has 0 bridgehead atoms. The fourth-order valence-electron chi connectivity index (χ4n) is 2.23. The normalized spacial score (nSPS) is 10.9. The summed E-state index contributed by atoms with van der Waals surface area (Å²) in [6.45, 7) is 1.88. The molecule has 0 N–H and O–H groups in total. The zero-order chi connectivity index (χ0) is 19.8. The molecule has 0 atom stereocenters. The van der Waals surface area contributed by atoms with Crippen molar-refractivity contribution in [3.05, 3.63) is 84.4 Å². The molecule has 142 valence electrons. The van der Waals surface area contributed by atoms with E-state index in [4.69, 9.17) is 19.2 Å². The van der Waals surface area contributed by atoms with Crippen molar-refractivity contribution in [3.8, 4) is 17.5 Å². The first-order chi connectivity index (χ1) is 13.7. The third-order valence-electron chi connectivity index (χ3n) is 3.53. The first kappa shape index (κ1) is 18.9. The number of aromatic nitrogens is 2. The minimum atomic E-state index is -0.693. The van der Waals surface area contributed by atoms with Crippen molar-refractivity contribution < 1.29 is 24.0 Å². The Hall–Kier alpha value is -3.87. The van der Waals surface area contributed by atoms with E-state index in [0.29, 0.717) is 11.3 Å². The van der Waals surface area contributed by atoms with Gasteiger partial charge >= 0.3 is 12.0 Å². The predicted molar refractivity (Wildman–Crippen MR) is 101 cm³/mol. The lowest BCUT2D eigenvalue weighted by Crippen LogP contribution is -2.10. The lowest BCUT2D eigenvalue weighted by Gasteiger charge is -2.09. The third-order valence-corrected chi connectivity index (χ3v) is 3.53. The number of hydrogen-bond acceptors (Lipinski definition) is 7. The van der Waals surface area contributed by atoms with Crippen LogP contribution in [-0.2, 0) is 14.4 Å². The summed E-state index contributed by atoms with van der Waals surface area (Å²) in [7, 11) is 1.45. The van der Waals surface area contributed by atoms with E-state index in [2.05, 4.69) is 9.97 Å². The molecular weight excluding hydrogens is 360 g/mol. The van der Waals surface area contributed by atoms with E-state index >= 15 is 0 Å². The van der Waals surface area contributed by atoms with Gasteiger partial charge in [-0.05, 0) is 30.2 Å². The maximum Gasteiger partial charge on any atom is 0.389 e. The fraction of sp³-hybridized carbons (Fsp3) is 0.0952. The van der Waals surface area contributed by atoms with E-state index in [1.807, 2.05) is 13.0 Å². The molecule has 3 rings (SSSR count). The van der Waals surface area contributed by atoms with Crippen molar-refractivity contribution in [2.24, 2.45) is 0 Å². The fourth-order valence-corrected chi connectivity index (χ4v) is 2.23. The zero-order valence-electron chi connectivity index (χ0n) is 15.4. The van der Waals surface area contributed by atoms with Gasteiger partial charge in [-0.1, -0.05) is 36.4 Å². The van der Waals surface area contributed by atoms with Crippen molar-refractivity contribution in [2.75, 3.05) is 7.11 Å². The first-order valence-corrected chi connectivity index (χ1v) is 8.39. The van der Waals surface area contributed by atoms with Gasteiger partial charge in [0.25, 0.3) is 0 Å². The van der Waals surface area contributed by atoms with Gasteiger partial charge in [-0.15, -0.1) is 0 Å². The van der Waals surface area contributed by atoms with Gasteiger partial charge in [0.2, 0.25) is 0 Å². The van der Waals surface area contributed by atoms with Crippen LogP contribution in [0.5, 0.6) is 17.5 Å². The largest absolute Gasteiger partial charge is 0.503 e. The van der Waals surface area contributed by atoms with Crippen LogP contribution < -0.4 is 9.62 Å². The van der Waals surface area contributed by atoms with E-state index in [-0.39, 0.29) is 17.3 Å². The Bertz CT molecular complexity index is 956. The molecule has 1 aromatic heterocycles. The number of carbonyl (C=O) groups is 1. The Morgan fingerprint density at radius 3 is 2.39 bits per heavy atom. The summed E-state index contributed by atoms with van der Waals surface area (Å²) in [6, 6.07) is 15.8. The number of hydrogen-bond donors (Lipinski definition) is 0. The molecule has 0 aliphatic rings. The van der Waals surface area contributed by atoms with Gasteiger partial charge in [-0.2, -0.15) is 0 Å². The summed E-state index contributed by atoms with van der Waals surface area (Å²) >= 11 is 0. The monoisotopic (exact) mass is 378 g/mol. The molecule has 0 aliphatic carbocycles. The summed E-state index contributed by atoms with van der Waals surface area (Å²) in [4.78, 5) is 30.6. The van der Waals surface area contributed by atoms with Gasteiger partial charge < -0.3 is 9.47 Å². The Balaban J connectivity index is 1.66. The highest BCUT2D eigenvalue weighted by molar-refractivity contribution is 6.15. The minimum Gasteiger partial charge on any atom is -0.503 e. The molecule has 3 aromatic rings. The topological polar surface area (TPSA) is 79.8 Å². The number of benzene rings is 2. The SMILES string of the molecule is COC=C(C(=O)OOc1cccc(Oc2ncc(C)cn2)c1)c1ccccc1. The van der Waals surface area contributed by atoms with Gasteiger partial charge in [0.05, 0.1) is 13.4 Å². The van der Waals surface area contributed by atoms with Crippen LogP contribution in [0.2, 0.25) is 0 Å². The number of carbonyl (C=O) groups excluding carboxylic acids is 1. The lowest BCUT2D eigenvalue weighted by atomic mass is 10.1. The van der Waals surface area contributed by atoms with Crippen LogP contribution in [0.15, 0.2) is 73.3 Å². The van der Waals surface area contributed by atoms with Gasteiger partial charge in [0.15, 0.2) is 5.75 Å². The third kappa shape index (κ3) is 5.07. The Kier molecular flexibility index (Phi) is 6.20. The maximum atomic E-state index is 12.4. The molecule has 0 amide bonds. The molecular formula is C21H18N2O5. The molecule has 7 heteroatoms. The molecule has 28 heavy (non-hydrogen) atoms. The molecule has 7 nitrogen and oxygen atoms in total. The highest BCUT2D eigenvalue weighted by Gasteiger charge is 2.16. The predicted octanol–water partition coefficient (Wildman–Crippen LogP) is 4.10. The summed E-state index contributed by atoms with van der Waals surface area (Å²) in [5, 5.41) is 0. The molecule has 2 aromatic carbocycles. The number of ether oxygens (including phenoxy) is 2. The van der Waals surface area contributed by atoms with Gasteiger partial charge in [0, 0.05) is 18.5 Å². The highest BCUT2D eigenvalue weighted by atomic mass is 17.2. The number of nitrogens with zero attached hydrogens (tertiary/aromatic N) is 2. The second-order valence-corrected chi connectivity index (χ2v) is 5.71. The van der Waals surface area contributed by atoms with Crippen molar-refractivity contribution >= 4 is 11.5 Å². The highest BCUT2D eigenvalue weighted by Crippen LogP contribution is 2.24. The summed E-state index contributed by atoms with van der Waals surface area (Å²) in [5.41, 5.74) is 1.80. The molecule has 1 heterocycles. The number of rotatable bonds is 7. The van der Waals surface area contributed by atoms with Crippen LogP contribution in [0, 0.1) is 6.92 Å². The van der Waals surface area contributed by atoms with E-state index in [1.165, 1.54) is 13.4 Å². The van der Waals surface area contributed by atoms with Crippen LogP contribution in [0.4, 0.5) is 0 Å². The first-order valence-electron chi connectivity index (χ1n) is 8.39. The average molecular weight is 378 g/mol. The maximum absolute atomic E-state index is 12.4. The van der Waals surface area contributed by atoms with Crippen molar-refractivity contribution in [1.29, 1.82) is 0 Å². The molecule has 0 saturated carbocycles. The van der Waals surface area contributed by atoms with Crippen LogP contribution in [-0.4, -0.2) is 23.0 Å². The second-order valence-electron chi connectivity index (χ2n) is 5.71. The molecule has 0 unspecified atom stereocenters. The van der Waals surface area contributed by atoms with Crippen LogP contribution >= 0.6 is 0 Å². The number of methoxy groups -OCH3 is 1. The molecule has 0 spiro atoms. The van der Waals surface area contributed by atoms with Crippen LogP contribution in [0.3, 0.4) is 0 Å². The van der Waals surface area contributed by atoms with Gasteiger partial charge in [0.1, 0.15) is 11.3 Å². The molecule has 0 fully saturated rings. The summed E-state index contributed by atoms with van der Waals surface area (Å²) in [5.74, 6) is 0.0251. The molecule has 0 saturated heterocycles. The van der Waals surface area contributed by atoms with Crippen molar-refractivity contribution in [1.82, 2.24) is 9.97 Å². The van der Waals surface area contributed by atoms with E-state index in [1.54, 1.807) is 60.9 Å². The Labute approximate surface area is 162 Å². The Morgan fingerprint density at radius 2 is 1.68 bits per heavy atom. The van der Waals surface area contributed by atoms with Crippen LogP contribution in [0.25, 0.3) is 5.57 Å². The molecule has 0 radical (unpaired) electrons. The summed E-state index contributed by atoms with van der Waals surface area (Å²) < 4.78 is 10.5. The zero-order valence-corrected chi connectivity index (χ0v) is 15.4. The number of aryl methyl sites for hydroxylation is 1. The smallest absolute Gasteiger partial charge is 0.389 e. The van der Waals surface area contributed by atoms with Crippen molar-refractivity contribution in [3.63, 3.8) is 0 Å². The van der Waals surface area contributed by atoms with Crippen LogP contribution in [0.1, 0.15) is 11.1 Å². The minimum absolute atomic E-state index is 0.203. The van der Waals surface area contributed by atoms with E-state index in [9.17, 15) is 4.79 Å². The Morgan fingerprint density at radius 1 is 0.964 bits per heavy atom. The lowest BCUT2D eigenvalue weighted by molar-refractivity contribution is -0.206. The van der Waals surface area contributed by atoms with Crippen molar-refractivity contribution in [2.45, 2.75) is 6.92 Å².